The second-order valence-corrected chi connectivity index (χ2v) is 11.8. The first kappa shape index (κ1) is 29.7. The SMILES string of the molecule is C=C(C)C(=O)OC(CCC[SiH](OC)OC)=C(C)C(=O)OC[SiH2]C(OC(C)C)OC(C)C. The maximum absolute atomic E-state index is 12.6. The van der Waals surface area contributed by atoms with Gasteiger partial charge in [0.05, 0.1) is 24.0 Å². The minimum atomic E-state index is -1.74. The maximum atomic E-state index is 12.6. The van der Waals surface area contributed by atoms with Crippen LogP contribution in [0.2, 0.25) is 6.04 Å². The summed E-state index contributed by atoms with van der Waals surface area (Å²) in [6, 6.07) is 0.719. The minimum Gasteiger partial charge on any atom is -0.466 e. The Labute approximate surface area is 190 Å². The highest BCUT2D eigenvalue weighted by Gasteiger charge is 2.20. The lowest BCUT2D eigenvalue weighted by Crippen LogP contribution is -2.33. The summed E-state index contributed by atoms with van der Waals surface area (Å²) in [6.07, 6.45) is 1.35. The summed E-state index contributed by atoms with van der Waals surface area (Å²) in [5.74, 6) is -1.13. The van der Waals surface area contributed by atoms with E-state index in [9.17, 15) is 9.59 Å². The van der Waals surface area contributed by atoms with Crippen LogP contribution >= 0.6 is 0 Å². The molecule has 10 heteroatoms. The van der Waals surface area contributed by atoms with Crippen molar-refractivity contribution in [3.8, 4) is 0 Å². The molecule has 0 saturated carbocycles. The third-order valence-electron chi connectivity index (χ3n) is 4.09. The number of esters is 2. The Balaban J connectivity index is 5.07. The van der Waals surface area contributed by atoms with Gasteiger partial charge >= 0.3 is 21.2 Å². The van der Waals surface area contributed by atoms with Gasteiger partial charge in [-0.1, -0.05) is 6.58 Å². The van der Waals surface area contributed by atoms with Crippen molar-refractivity contribution in [1.82, 2.24) is 0 Å². The van der Waals surface area contributed by atoms with Crippen LogP contribution < -0.4 is 0 Å². The second kappa shape index (κ2) is 16.3. The maximum Gasteiger partial charge on any atom is 0.338 e. The Morgan fingerprint density at radius 2 is 1.52 bits per heavy atom. The number of allylic oxidation sites excluding steroid dienone is 1. The van der Waals surface area contributed by atoms with Crippen LogP contribution in [0.15, 0.2) is 23.5 Å². The predicted octanol–water partition coefficient (Wildman–Crippen LogP) is 2.48. The van der Waals surface area contributed by atoms with Gasteiger partial charge < -0.3 is 27.8 Å². The molecule has 0 aromatic rings. The zero-order valence-electron chi connectivity index (χ0n) is 20.3. The molecule has 8 nitrogen and oxygen atoms in total. The quantitative estimate of drug-likeness (QED) is 0.110. The Morgan fingerprint density at radius 3 is 1.97 bits per heavy atom. The Bertz CT molecular complexity index is 590. The lowest BCUT2D eigenvalue weighted by atomic mass is 10.2. The fraction of sp³-hybridized carbons (Fsp3) is 0.714. The monoisotopic (exact) mass is 476 g/mol. The van der Waals surface area contributed by atoms with E-state index in [1.165, 1.54) is 0 Å². The lowest BCUT2D eigenvalue weighted by molar-refractivity contribution is -0.141. The van der Waals surface area contributed by atoms with Gasteiger partial charge in [-0.3, -0.25) is 0 Å². The number of ether oxygens (including phenoxy) is 4. The van der Waals surface area contributed by atoms with E-state index in [1.54, 1.807) is 28.1 Å². The average Bonchev–Trinajstić information content (AvgIpc) is 2.68. The first-order valence-corrected chi connectivity index (χ1v) is 14.2. The van der Waals surface area contributed by atoms with E-state index in [-0.39, 0.29) is 41.3 Å². The molecule has 0 aromatic heterocycles. The molecule has 31 heavy (non-hydrogen) atoms. The van der Waals surface area contributed by atoms with E-state index in [2.05, 4.69) is 6.58 Å². The standard InChI is InChI=1S/C21H40O8Si2/c1-14(2)19(22)29-18(11-10-12-31(24-8)25-9)17(7)20(23)26-13-30-21(27-15(3)4)28-16(5)6/h15-16,21,31H,1,10-13,30H2,2-9H3. The van der Waals surface area contributed by atoms with Gasteiger partial charge in [-0.05, 0) is 54.0 Å². The van der Waals surface area contributed by atoms with Gasteiger partial charge in [0.15, 0.2) is 0 Å². The number of hydrogen-bond acceptors (Lipinski definition) is 8. The number of carbonyl (C=O) groups is 2. The van der Waals surface area contributed by atoms with Crippen LogP contribution in [-0.2, 0) is 37.4 Å². The van der Waals surface area contributed by atoms with Crippen molar-refractivity contribution >= 4 is 30.7 Å². The fourth-order valence-electron chi connectivity index (χ4n) is 2.52. The summed E-state index contributed by atoms with van der Waals surface area (Å²) in [5, 5.41) is 0. The molecule has 0 fully saturated rings. The van der Waals surface area contributed by atoms with Gasteiger partial charge in [0.1, 0.15) is 21.2 Å². The normalized spacial score (nSPS) is 12.9. The summed E-state index contributed by atoms with van der Waals surface area (Å²) < 4.78 is 33.0. The Kier molecular flexibility index (Phi) is 15.7. The average molecular weight is 477 g/mol. The van der Waals surface area contributed by atoms with Crippen LogP contribution in [0.5, 0.6) is 0 Å². The van der Waals surface area contributed by atoms with Gasteiger partial charge in [-0.25, -0.2) is 9.59 Å². The van der Waals surface area contributed by atoms with Crippen molar-refractivity contribution in [3.63, 3.8) is 0 Å². The molecule has 0 atom stereocenters. The van der Waals surface area contributed by atoms with Crippen LogP contribution in [-0.4, -0.2) is 69.3 Å². The molecule has 0 spiro atoms. The van der Waals surface area contributed by atoms with E-state index in [0.717, 1.165) is 6.04 Å². The summed E-state index contributed by atoms with van der Waals surface area (Å²) in [5.41, 5.74) is 0.523. The zero-order valence-corrected chi connectivity index (χ0v) is 22.9. The van der Waals surface area contributed by atoms with E-state index in [1.807, 2.05) is 27.7 Å². The van der Waals surface area contributed by atoms with Crippen molar-refractivity contribution in [3.05, 3.63) is 23.5 Å². The minimum absolute atomic E-state index is 0.0216. The first-order valence-electron chi connectivity index (χ1n) is 10.6. The van der Waals surface area contributed by atoms with Crippen molar-refractivity contribution in [2.24, 2.45) is 0 Å². The van der Waals surface area contributed by atoms with E-state index in [4.69, 9.17) is 27.8 Å². The molecule has 0 aliphatic carbocycles. The van der Waals surface area contributed by atoms with Crippen LogP contribution in [0, 0.1) is 0 Å². The largest absolute Gasteiger partial charge is 0.466 e. The molecule has 0 aliphatic heterocycles. The molecule has 0 amide bonds. The lowest BCUT2D eigenvalue weighted by Gasteiger charge is -2.22. The first-order chi connectivity index (χ1) is 14.5. The molecule has 0 unspecified atom stereocenters. The smallest absolute Gasteiger partial charge is 0.338 e. The van der Waals surface area contributed by atoms with Gasteiger partial charge in [0.25, 0.3) is 0 Å². The van der Waals surface area contributed by atoms with Crippen LogP contribution in [0.4, 0.5) is 0 Å². The summed E-state index contributed by atoms with van der Waals surface area (Å²) in [7, 11) is 0.507. The molecular formula is C21H40O8Si2. The number of rotatable bonds is 16. The Hall–Kier alpha value is -1.31. The summed E-state index contributed by atoms with van der Waals surface area (Å²) >= 11 is 0. The van der Waals surface area contributed by atoms with Crippen molar-refractivity contribution in [2.75, 3.05) is 20.4 Å². The number of carbonyl (C=O) groups excluding carboxylic acids is 2. The van der Waals surface area contributed by atoms with Crippen molar-refractivity contribution in [2.45, 2.75) is 78.5 Å². The van der Waals surface area contributed by atoms with Crippen molar-refractivity contribution < 1.29 is 37.4 Å². The van der Waals surface area contributed by atoms with E-state index >= 15 is 0 Å². The van der Waals surface area contributed by atoms with Gasteiger partial charge in [-0.15, -0.1) is 0 Å². The summed E-state index contributed by atoms with van der Waals surface area (Å²) in [6.45, 7) is 14.5. The number of hydrogen-bond donors (Lipinski definition) is 0. The predicted molar refractivity (Wildman–Crippen MR) is 125 cm³/mol. The molecule has 0 rings (SSSR count). The third kappa shape index (κ3) is 13.7. The van der Waals surface area contributed by atoms with Crippen LogP contribution in [0.3, 0.4) is 0 Å². The zero-order chi connectivity index (χ0) is 24.0. The second-order valence-electron chi connectivity index (χ2n) is 7.74. The van der Waals surface area contributed by atoms with E-state index < -0.39 is 30.7 Å². The van der Waals surface area contributed by atoms with Crippen LogP contribution in [0.1, 0.15) is 54.4 Å². The molecule has 0 bridgehead atoms. The van der Waals surface area contributed by atoms with Crippen LogP contribution in [0.25, 0.3) is 0 Å². The molecule has 0 heterocycles. The third-order valence-corrected chi connectivity index (χ3v) is 7.32. The molecule has 0 radical (unpaired) electrons. The van der Waals surface area contributed by atoms with Gasteiger partial charge in [-0.2, -0.15) is 0 Å². The van der Waals surface area contributed by atoms with E-state index in [0.29, 0.717) is 12.8 Å². The highest BCUT2D eigenvalue weighted by Crippen LogP contribution is 2.18. The molecular weight excluding hydrogens is 436 g/mol. The molecule has 0 saturated heterocycles. The molecule has 0 aliphatic rings. The fourth-order valence-corrected chi connectivity index (χ4v) is 5.26. The van der Waals surface area contributed by atoms with Gasteiger partial charge in [0, 0.05) is 26.2 Å². The van der Waals surface area contributed by atoms with Gasteiger partial charge in [0.2, 0.25) is 0 Å². The highest BCUT2D eigenvalue weighted by atomic mass is 28.3. The van der Waals surface area contributed by atoms with Crippen molar-refractivity contribution in [1.29, 1.82) is 0 Å². The highest BCUT2D eigenvalue weighted by molar-refractivity contribution is 6.44. The Morgan fingerprint density at radius 1 is 0.968 bits per heavy atom. The molecule has 0 N–H and O–H groups in total. The summed E-state index contributed by atoms with van der Waals surface area (Å²) in [4.78, 5) is 24.6. The molecule has 180 valence electrons. The molecule has 0 aromatic carbocycles. The topological polar surface area (TPSA) is 89.5 Å².